The average molecular weight is 179 g/mol. The van der Waals surface area contributed by atoms with Crippen LogP contribution in [0.3, 0.4) is 0 Å². The van der Waals surface area contributed by atoms with Crippen molar-refractivity contribution in [3.63, 3.8) is 0 Å². The fourth-order valence-corrected chi connectivity index (χ4v) is 1.02. The quantitative estimate of drug-likeness (QED) is 0.734. The van der Waals surface area contributed by atoms with Crippen molar-refractivity contribution in [1.82, 2.24) is 5.32 Å². The maximum Gasteiger partial charge on any atom is 0.0289 e. The van der Waals surface area contributed by atoms with Gasteiger partial charge in [-0.2, -0.15) is 0 Å². The molecule has 0 heterocycles. The molecule has 74 valence electrons. The lowest BCUT2D eigenvalue weighted by atomic mass is 10.1. The van der Waals surface area contributed by atoms with Crippen molar-refractivity contribution in [3.8, 4) is 0 Å². The van der Waals surface area contributed by atoms with E-state index in [2.05, 4.69) is 43.4 Å². The molecule has 0 aliphatic heterocycles. The first-order chi connectivity index (χ1) is 6.24. The van der Waals surface area contributed by atoms with Crippen LogP contribution in [0.4, 0.5) is 0 Å². The first-order valence-electron chi connectivity index (χ1n) is 4.98. The van der Waals surface area contributed by atoms with Gasteiger partial charge in [0.25, 0.3) is 0 Å². The van der Waals surface area contributed by atoms with E-state index in [0.29, 0.717) is 6.04 Å². The molecule has 13 heavy (non-hydrogen) atoms. The van der Waals surface area contributed by atoms with Crippen LogP contribution in [-0.2, 0) is 0 Å². The molecule has 1 N–H and O–H groups in total. The van der Waals surface area contributed by atoms with E-state index in [4.69, 9.17) is 0 Å². The van der Waals surface area contributed by atoms with Gasteiger partial charge >= 0.3 is 0 Å². The monoisotopic (exact) mass is 179 g/mol. The van der Waals surface area contributed by atoms with Crippen LogP contribution in [0, 0.1) is 6.92 Å². The fraction of sp³-hybridized carbons (Fsp3) is 0.500. The van der Waals surface area contributed by atoms with Crippen LogP contribution in [0.1, 0.15) is 37.9 Å². The van der Waals surface area contributed by atoms with Crippen LogP contribution < -0.4 is 5.32 Å². The highest BCUT2D eigenvalue weighted by Gasteiger charge is 1.99. The Morgan fingerprint density at radius 3 is 1.92 bits per heavy atom. The molecule has 1 heteroatoms. The third-order valence-corrected chi connectivity index (χ3v) is 2.01. The van der Waals surface area contributed by atoms with Crippen LogP contribution in [0.5, 0.6) is 0 Å². The Hall–Kier alpha value is -0.820. The minimum atomic E-state index is 0.454. The summed E-state index contributed by atoms with van der Waals surface area (Å²) in [5.74, 6) is 0. The second-order valence-electron chi connectivity index (χ2n) is 2.92. The molecule has 0 aliphatic rings. The maximum absolute atomic E-state index is 3.20. The topological polar surface area (TPSA) is 12.0 Å². The van der Waals surface area contributed by atoms with Gasteiger partial charge in [-0.3, -0.25) is 0 Å². The summed E-state index contributed by atoms with van der Waals surface area (Å²) in [7, 11) is 1.98. The molecule has 1 nitrogen and oxygen atoms in total. The Morgan fingerprint density at radius 1 is 1.08 bits per heavy atom. The molecular weight excluding hydrogens is 158 g/mol. The Morgan fingerprint density at radius 2 is 1.54 bits per heavy atom. The number of hydrogen-bond donors (Lipinski definition) is 1. The molecule has 0 aliphatic carbocycles. The van der Waals surface area contributed by atoms with E-state index < -0.39 is 0 Å². The van der Waals surface area contributed by atoms with Gasteiger partial charge in [0, 0.05) is 6.04 Å². The second-order valence-corrected chi connectivity index (χ2v) is 2.92. The number of nitrogens with one attached hydrogen (secondary N) is 1. The van der Waals surface area contributed by atoms with E-state index in [9.17, 15) is 0 Å². The molecule has 1 unspecified atom stereocenters. The Balaban J connectivity index is 0.000000671. The summed E-state index contributed by atoms with van der Waals surface area (Å²) in [5, 5.41) is 3.20. The summed E-state index contributed by atoms with van der Waals surface area (Å²) < 4.78 is 0. The molecule has 0 fully saturated rings. The summed E-state index contributed by atoms with van der Waals surface area (Å²) in [5.41, 5.74) is 2.66. The van der Waals surface area contributed by atoms with E-state index in [1.807, 2.05) is 20.9 Å². The molecule has 1 rings (SSSR count). The van der Waals surface area contributed by atoms with E-state index >= 15 is 0 Å². The molecule has 0 spiro atoms. The Labute approximate surface area is 82.2 Å². The summed E-state index contributed by atoms with van der Waals surface area (Å²) >= 11 is 0. The third-order valence-electron chi connectivity index (χ3n) is 2.01. The number of hydrogen-bond acceptors (Lipinski definition) is 1. The molecule has 0 radical (unpaired) electrons. The van der Waals surface area contributed by atoms with Gasteiger partial charge in [0.1, 0.15) is 0 Å². The van der Waals surface area contributed by atoms with Gasteiger partial charge in [0.15, 0.2) is 0 Å². The lowest BCUT2D eigenvalue weighted by Crippen LogP contribution is -2.11. The lowest BCUT2D eigenvalue weighted by molar-refractivity contribution is 0.652. The lowest BCUT2D eigenvalue weighted by Gasteiger charge is -2.09. The average Bonchev–Trinajstić information content (AvgIpc) is 2.21. The smallest absolute Gasteiger partial charge is 0.0289 e. The van der Waals surface area contributed by atoms with Gasteiger partial charge in [0.2, 0.25) is 0 Å². The van der Waals surface area contributed by atoms with E-state index in [1.54, 1.807) is 0 Å². The minimum Gasteiger partial charge on any atom is -0.313 e. The van der Waals surface area contributed by atoms with Crippen molar-refractivity contribution in [2.75, 3.05) is 7.05 Å². The van der Waals surface area contributed by atoms with Crippen molar-refractivity contribution in [3.05, 3.63) is 35.4 Å². The largest absolute Gasteiger partial charge is 0.313 e. The summed E-state index contributed by atoms with van der Waals surface area (Å²) in [4.78, 5) is 0. The first kappa shape index (κ1) is 12.2. The molecule has 0 bridgehead atoms. The maximum atomic E-state index is 3.20. The van der Waals surface area contributed by atoms with Crippen molar-refractivity contribution >= 4 is 0 Å². The standard InChI is InChI=1S/C10H15N.C2H6/c1-8-4-6-10(7-5-8)9(2)11-3;1-2/h4-7,9,11H,1-3H3;1-2H3. The molecular formula is C12H21N. The Kier molecular flexibility index (Phi) is 6.25. The van der Waals surface area contributed by atoms with Crippen LogP contribution in [0.25, 0.3) is 0 Å². The van der Waals surface area contributed by atoms with E-state index in [0.717, 1.165) is 0 Å². The number of rotatable bonds is 2. The first-order valence-corrected chi connectivity index (χ1v) is 4.98. The molecule has 1 aromatic carbocycles. The zero-order valence-electron chi connectivity index (χ0n) is 9.39. The van der Waals surface area contributed by atoms with E-state index in [-0.39, 0.29) is 0 Å². The zero-order valence-corrected chi connectivity index (χ0v) is 9.39. The van der Waals surface area contributed by atoms with Crippen LogP contribution in [-0.4, -0.2) is 7.05 Å². The van der Waals surface area contributed by atoms with Crippen molar-refractivity contribution in [1.29, 1.82) is 0 Å². The molecule has 0 aromatic heterocycles. The molecule has 1 atom stereocenters. The highest BCUT2D eigenvalue weighted by Crippen LogP contribution is 2.11. The Bertz CT molecular complexity index is 213. The van der Waals surface area contributed by atoms with Gasteiger partial charge in [-0.05, 0) is 26.5 Å². The van der Waals surface area contributed by atoms with Crippen molar-refractivity contribution in [2.45, 2.75) is 33.7 Å². The molecule has 0 saturated heterocycles. The van der Waals surface area contributed by atoms with Crippen LogP contribution in [0.2, 0.25) is 0 Å². The van der Waals surface area contributed by atoms with Crippen molar-refractivity contribution < 1.29 is 0 Å². The summed E-state index contributed by atoms with van der Waals surface area (Å²) in [6, 6.07) is 9.06. The molecule has 0 saturated carbocycles. The normalized spacial score (nSPS) is 11.5. The predicted octanol–water partition coefficient (Wildman–Crippen LogP) is 3.30. The van der Waals surface area contributed by atoms with Gasteiger partial charge in [-0.25, -0.2) is 0 Å². The van der Waals surface area contributed by atoms with Gasteiger partial charge in [0.05, 0.1) is 0 Å². The molecule has 0 amide bonds. The number of benzene rings is 1. The highest BCUT2D eigenvalue weighted by molar-refractivity contribution is 5.23. The predicted molar refractivity (Wildman–Crippen MR) is 60.0 cm³/mol. The van der Waals surface area contributed by atoms with Crippen molar-refractivity contribution in [2.24, 2.45) is 0 Å². The van der Waals surface area contributed by atoms with Gasteiger partial charge < -0.3 is 5.32 Å². The van der Waals surface area contributed by atoms with Crippen LogP contribution >= 0.6 is 0 Å². The SMILES string of the molecule is CC.CNC(C)c1ccc(C)cc1. The third kappa shape index (κ3) is 4.09. The second kappa shape index (κ2) is 6.67. The van der Waals surface area contributed by atoms with E-state index in [1.165, 1.54) is 11.1 Å². The van der Waals surface area contributed by atoms with Crippen LogP contribution in [0.15, 0.2) is 24.3 Å². The highest BCUT2D eigenvalue weighted by atomic mass is 14.8. The fourth-order valence-electron chi connectivity index (χ4n) is 1.02. The molecule has 1 aromatic rings. The zero-order chi connectivity index (χ0) is 10.3. The van der Waals surface area contributed by atoms with Gasteiger partial charge in [-0.1, -0.05) is 43.7 Å². The summed E-state index contributed by atoms with van der Waals surface area (Å²) in [6.07, 6.45) is 0. The number of aryl methyl sites for hydroxylation is 1. The summed E-state index contributed by atoms with van der Waals surface area (Å²) in [6.45, 7) is 8.26. The van der Waals surface area contributed by atoms with Gasteiger partial charge in [-0.15, -0.1) is 0 Å². The minimum absolute atomic E-state index is 0.454.